The van der Waals surface area contributed by atoms with Crippen LogP contribution in [0.4, 0.5) is 0 Å². The number of rotatable bonds is 3. The van der Waals surface area contributed by atoms with E-state index in [0.717, 1.165) is 18.1 Å². The summed E-state index contributed by atoms with van der Waals surface area (Å²) in [6.45, 7) is 4.91. The summed E-state index contributed by atoms with van der Waals surface area (Å²) in [5.74, 6) is 1.69. The van der Waals surface area contributed by atoms with Gasteiger partial charge in [0.15, 0.2) is 4.77 Å². The average Bonchev–Trinajstić information content (AvgIpc) is 3.06. The van der Waals surface area contributed by atoms with Crippen molar-refractivity contribution in [2.45, 2.75) is 39.2 Å². The van der Waals surface area contributed by atoms with Crippen molar-refractivity contribution in [3.8, 4) is 0 Å². The van der Waals surface area contributed by atoms with Crippen LogP contribution in [-0.2, 0) is 13.6 Å². The molecular weight excluding hydrogens is 246 g/mol. The maximum atomic E-state index is 5.33. The maximum Gasteiger partial charge on any atom is 0.195 e. The molecule has 18 heavy (non-hydrogen) atoms. The quantitative estimate of drug-likeness (QED) is 0.864. The minimum atomic E-state index is 0.593. The predicted octanol–water partition coefficient (Wildman–Crippen LogP) is 2.22. The number of hydrogen-bond acceptors (Lipinski definition) is 3. The third-order valence-corrected chi connectivity index (χ3v) is 4.02. The van der Waals surface area contributed by atoms with Gasteiger partial charge in [-0.3, -0.25) is 14.3 Å². The molecule has 1 saturated carbocycles. The van der Waals surface area contributed by atoms with Crippen molar-refractivity contribution in [2.24, 2.45) is 7.05 Å². The van der Waals surface area contributed by atoms with Gasteiger partial charge in [-0.25, -0.2) is 0 Å². The summed E-state index contributed by atoms with van der Waals surface area (Å²) < 4.78 is 4.74. The Morgan fingerprint density at radius 1 is 1.39 bits per heavy atom. The van der Waals surface area contributed by atoms with Gasteiger partial charge in [0.1, 0.15) is 5.82 Å². The summed E-state index contributed by atoms with van der Waals surface area (Å²) in [5.41, 5.74) is 3.51. The van der Waals surface area contributed by atoms with Crippen molar-refractivity contribution in [3.63, 3.8) is 0 Å². The molecule has 5 nitrogen and oxygen atoms in total. The molecule has 0 radical (unpaired) electrons. The highest BCUT2D eigenvalue weighted by Crippen LogP contribution is 2.39. The van der Waals surface area contributed by atoms with Crippen molar-refractivity contribution in [2.75, 3.05) is 0 Å². The summed E-state index contributed by atoms with van der Waals surface area (Å²) in [5, 5.41) is 11.7. The number of nitrogens with zero attached hydrogens (tertiary/aromatic N) is 4. The standard InChI is InChI=1S/C12H17N5S/c1-7-10(8(2)16(3)15-7)6-17-11(9-4-5-9)13-14-12(17)18/h9H,4-6H2,1-3H3,(H,14,18). The van der Waals surface area contributed by atoms with E-state index in [2.05, 4.69) is 26.8 Å². The third-order valence-electron chi connectivity index (χ3n) is 3.71. The van der Waals surface area contributed by atoms with E-state index in [0.29, 0.717) is 10.7 Å². The van der Waals surface area contributed by atoms with Crippen LogP contribution >= 0.6 is 12.2 Å². The Labute approximate surface area is 111 Å². The first-order chi connectivity index (χ1) is 8.58. The van der Waals surface area contributed by atoms with E-state index in [4.69, 9.17) is 12.2 Å². The van der Waals surface area contributed by atoms with Crippen LogP contribution in [0.3, 0.4) is 0 Å². The van der Waals surface area contributed by atoms with Crippen LogP contribution < -0.4 is 0 Å². The van der Waals surface area contributed by atoms with E-state index in [9.17, 15) is 0 Å². The van der Waals surface area contributed by atoms with Crippen LogP contribution in [0.15, 0.2) is 0 Å². The highest BCUT2D eigenvalue weighted by atomic mass is 32.1. The van der Waals surface area contributed by atoms with Gasteiger partial charge in [-0.15, -0.1) is 0 Å². The van der Waals surface area contributed by atoms with Crippen LogP contribution in [0.25, 0.3) is 0 Å². The second-order valence-corrected chi connectivity index (χ2v) is 5.41. The van der Waals surface area contributed by atoms with Gasteiger partial charge in [-0.05, 0) is 38.9 Å². The first kappa shape index (κ1) is 11.6. The average molecular weight is 263 g/mol. The fraction of sp³-hybridized carbons (Fsp3) is 0.583. The van der Waals surface area contributed by atoms with Crippen LogP contribution in [0.1, 0.15) is 41.5 Å². The second-order valence-electron chi connectivity index (χ2n) is 5.02. The number of aryl methyl sites for hydroxylation is 2. The number of aromatic amines is 1. The normalized spacial score (nSPS) is 15.3. The van der Waals surface area contributed by atoms with E-state index in [-0.39, 0.29) is 0 Å². The molecule has 96 valence electrons. The summed E-state index contributed by atoms with van der Waals surface area (Å²) in [7, 11) is 1.97. The maximum absolute atomic E-state index is 5.33. The number of aromatic nitrogens is 5. The number of nitrogens with one attached hydrogen (secondary N) is 1. The summed E-state index contributed by atoms with van der Waals surface area (Å²) >= 11 is 5.33. The van der Waals surface area contributed by atoms with Crippen molar-refractivity contribution < 1.29 is 0 Å². The van der Waals surface area contributed by atoms with E-state index in [1.54, 1.807) is 0 Å². The first-order valence-corrected chi connectivity index (χ1v) is 6.63. The molecule has 0 atom stereocenters. The lowest BCUT2D eigenvalue weighted by Gasteiger charge is -2.06. The fourth-order valence-electron chi connectivity index (χ4n) is 2.34. The van der Waals surface area contributed by atoms with E-state index < -0.39 is 0 Å². The molecule has 0 aromatic carbocycles. The van der Waals surface area contributed by atoms with Crippen LogP contribution in [0, 0.1) is 18.6 Å². The summed E-state index contributed by atoms with van der Waals surface area (Å²) in [4.78, 5) is 0. The Bertz CT molecular complexity index is 644. The monoisotopic (exact) mass is 263 g/mol. The zero-order valence-corrected chi connectivity index (χ0v) is 11.7. The topological polar surface area (TPSA) is 51.4 Å². The summed E-state index contributed by atoms with van der Waals surface area (Å²) in [6.07, 6.45) is 2.45. The van der Waals surface area contributed by atoms with E-state index >= 15 is 0 Å². The Balaban J connectivity index is 2.01. The molecule has 1 aliphatic carbocycles. The molecule has 0 amide bonds. The predicted molar refractivity (Wildman–Crippen MR) is 71.2 cm³/mol. The van der Waals surface area contributed by atoms with Gasteiger partial charge < -0.3 is 0 Å². The van der Waals surface area contributed by atoms with E-state index in [1.807, 2.05) is 18.7 Å². The SMILES string of the molecule is Cc1nn(C)c(C)c1Cn1c(C2CC2)n[nH]c1=S. The van der Waals surface area contributed by atoms with Gasteiger partial charge in [0.2, 0.25) is 0 Å². The Hall–Kier alpha value is -1.43. The lowest BCUT2D eigenvalue weighted by Crippen LogP contribution is -2.06. The molecule has 1 N–H and O–H groups in total. The molecule has 2 aromatic rings. The first-order valence-electron chi connectivity index (χ1n) is 6.22. The molecule has 3 rings (SSSR count). The molecule has 2 heterocycles. The van der Waals surface area contributed by atoms with Crippen LogP contribution in [0.2, 0.25) is 0 Å². The molecule has 0 spiro atoms. The van der Waals surface area contributed by atoms with Crippen molar-refractivity contribution in [3.05, 3.63) is 27.5 Å². The van der Waals surface area contributed by atoms with Crippen molar-refractivity contribution >= 4 is 12.2 Å². The molecule has 0 saturated heterocycles. The van der Waals surface area contributed by atoms with Crippen molar-refractivity contribution in [1.82, 2.24) is 24.5 Å². The summed E-state index contributed by atoms with van der Waals surface area (Å²) in [6, 6.07) is 0. The van der Waals surface area contributed by atoms with Gasteiger partial charge in [0, 0.05) is 24.2 Å². The van der Waals surface area contributed by atoms with Crippen LogP contribution in [-0.4, -0.2) is 24.5 Å². The smallest absolute Gasteiger partial charge is 0.195 e. The molecular formula is C12H17N5S. The Kier molecular flexibility index (Phi) is 2.62. The molecule has 0 bridgehead atoms. The number of hydrogen-bond donors (Lipinski definition) is 1. The van der Waals surface area contributed by atoms with Gasteiger partial charge >= 0.3 is 0 Å². The van der Waals surface area contributed by atoms with E-state index in [1.165, 1.54) is 24.1 Å². The molecule has 2 aromatic heterocycles. The third kappa shape index (κ3) is 1.80. The minimum Gasteiger partial charge on any atom is -0.299 e. The van der Waals surface area contributed by atoms with Gasteiger partial charge in [0.05, 0.1) is 12.2 Å². The Morgan fingerprint density at radius 3 is 2.67 bits per heavy atom. The Morgan fingerprint density at radius 2 is 2.11 bits per heavy atom. The highest BCUT2D eigenvalue weighted by Gasteiger charge is 2.29. The lowest BCUT2D eigenvalue weighted by atomic mass is 10.2. The van der Waals surface area contributed by atoms with Crippen LogP contribution in [0.5, 0.6) is 0 Å². The minimum absolute atomic E-state index is 0.593. The van der Waals surface area contributed by atoms with Gasteiger partial charge in [-0.1, -0.05) is 0 Å². The molecule has 0 aliphatic heterocycles. The molecule has 6 heteroatoms. The second kappa shape index (κ2) is 4.05. The fourth-order valence-corrected chi connectivity index (χ4v) is 2.54. The molecule has 0 unspecified atom stereocenters. The zero-order chi connectivity index (χ0) is 12.9. The zero-order valence-electron chi connectivity index (χ0n) is 10.9. The number of H-pyrrole nitrogens is 1. The van der Waals surface area contributed by atoms with Gasteiger partial charge in [-0.2, -0.15) is 10.2 Å². The molecule has 1 aliphatic rings. The van der Waals surface area contributed by atoms with Gasteiger partial charge in [0.25, 0.3) is 0 Å². The molecule has 1 fully saturated rings. The lowest BCUT2D eigenvalue weighted by molar-refractivity contribution is 0.705. The largest absolute Gasteiger partial charge is 0.299 e. The highest BCUT2D eigenvalue weighted by molar-refractivity contribution is 7.71. The van der Waals surface area contributed by atoms with Crippen molar-refractivity contribution in [1.29, 1.82) is 0 Å².